The number of allylic oxidation sites excluding steroid dienone is 2. The second-order valence-corrected chi connectivity index (χ2v) is 14.2. The van der Waals surface area contributed by atoms with Crippen LogP contribution in [0.2, 0.25) is 0 Å². The molecule has 0 spiro atoms. The molecule has 2 aliphatic carbocycles. The highest BCUT2D eigenvalue weighted by molar-refractivity contribution is 6.39. The number of nitro groups is 1. The Bertz CT molecular complexity index is 2440. The van der Waals surface area contributed by atoms with E-state index in [2.05, 4.69) is 0 Å². The Morgan fingerprint density at radius 1 is 0.518 bits per heavy atom. The van der Waals surface area contributed by atoms with E-state index < -0.39 is 39.4 Å². The van der Waals surface area contributed by atoms with Gasteiger partial charge in [0, 0.05) is 12.1 Å². The van der Waals surface area contributed by atoms with E-state index in [1.165, 1.54) is 17.0 Å². The third-order valence-electron chi connectivity index (χ3n) is 11.7. The number of imide groups is 1. The fraction of sp³-hybridized carbons (Fsp3) is 0.128. The van der Waals surface area contributed by atoms with Crippen molar-refractivity contribution in [3.63, 3.8) is 0 Å². The topological polar surface area (TPSA) is 116 Å². The third kappa shape index (κ3) is 4.70. The Morgan fingerprint density at radius 2 is 0.893 bits per heavy atom. The predicted molar refractivity (Wildman–Crippen MR) is 212 cm³/mol. The van der Waals surface area contributed by atoms with E-state index in [1.807, 2.05) is 109 Å². The summed E-state index contributed by atoms with van der Waals surface area (Å²) in [5, 5.41) is 11.2. The van der Waals surface area contributed by atoms with Crippen LogP contribution in [0.1, 0.15) is 22.3 Å². The van der Waals surface area contributed by atoms with Crippen LogP contribution >= 0.6 is 0 Å². The summed E-state index contributed by atoms with van der Waals surface area (Å²) in [6.45, 7) is 0. The van der Waals surface area contributed by atoms with Crippen LogP contribution in [0.3, 0.4) is 0 Å². The summed E-state index contributed by atoms with van der Waals surface area (Å²) in [5.41, 5.74) is 2.78. The molecule has 9 nitrogen and oxygen atoms in total. The maximum Gasteiger partial charge on any atom is 0.269 e. The smallest absolute Gasteiger partial charge is 0.269 e. The molecule has 9 rings (SSSR count). The Hall–Kier alpha value is -7.13. The minimum atomic E-state index is -1.56. The SMILES string of the molecule is COc1ccc(C2=C(c3ccc(OC)cc3)[C@@]3(c4ccccc4)C(=O)[C@@]2(c2ccccc2)[C@@H]2C(=O)N(c4ccc(-c5ccc([N+](=O)[O-])cc5)cc4)C(=O)[C@H]23)cc1. The number of anilines is 1. The van der Waals surface area contributed by atoms with Gasteiger partial charge in [-0.15, -0.1) is 0 Å². The monoisotopic (exact) mass is 738 g/mol. The molecule has 2 amide bonds. The summed E-state index contributed by atoms with van der Waals surface area (Å²) in [4.78, 5) is 59.0. The first-order valence-corrected chi connectivity index (χ1v) is 18.2. The van der Waals surface area contributed by atoms with Gasteiger partial charge in [0.1, 0.15) is 11.5 Å². The van der Waals surface area contributed by atoms with Crippen molar-refractivity contribution >= 4 is 40.1 Å². The Morgan fingerprint density at radius 3 is 1.27 bits per heavy atom. The van der Waals surface area contributed by atoms with E-state index in [4.69, 9.17) is 9.47 Å². The van der Waals surface area contributed by atoms with Gasteiger partial charge in [-0.05, 0) is 93.1 Å². The van der Waals surface area contributed by atoms with Gasteiger partial charge in [-0.1, -0.05) is 97.1 Å². The number of nitro benzene ring substituents is 1. The molecule has 4 atom stereocenters. The lowest BCUT2D eigenvalue weighted by Crippen LogP contribution is -2.45. The first kappa shape index (κ1) is 34.6. The van der Waals surface area contributed by atoms with Crippen LogP contribution in [0.25, 0.3) is 22.3 Å². The van der Waals surface area contributed by atoms with Crippen molar-refractivity contribution in [3.05, 3.63) is 190 Å². The molecule has 1 saturated heterocycles. The number of Topliss-reactive ketones (excluding diaryl/α,β-unsaturated/α-hetero) is 1. The summed E-state index contributed by atoms with van der Waals surface area (Å²) < 4.78 is 11.1. The van der Waals surface area contributed by atoms with Crippen LogP contribution in [0.4, 0.5) is 11.4 Å². The van der Waals surface area contributed by atoms with Crippen LogP contribution in [-0.4, -0.2) is 36.7 Å². The maximum atomic E-state index is 16.2. The van der Waals surface area contributed by atoms with Crippen molar-refractivity contribution in [2.24, 2.45) is 11.8 Å². The first-order valence-electron chi connectivity index (χ1n) is 18.2. The normalized spacial score (nSPS) is 22.4. The van der Waals surface area contributed by atoms with Crippen molar-refractivity contribution in [1.29, 1.82) is 0 Å². The van der Waals surface area contributed by atoms with E-state index in [1.54, 1.807) is 50.6 Å². The molecule has 0 radical (unpaired) electrons. The number of ketones is 1. The molecule has 6 aromatic carbocycles. The molecule has 2 bridgehead atoms. The van der Waals surface area contributed by atoms with Crippen molar-refractivity contribution in [2.45, 2.75) is 10.8 Å². The Balaban J connectivity index is 1.31. The van der Waals surface area contributed by atoms with E-state index >= 15 is 14.4 Å². The number of benzene rings is 6. The third-order valence-corrected chi connectivity index (χ3v) is 11.7. The highest BCUT2D eigenvalue weighted by atomic mass is 16.6. The predicted octanol–water partition coefficient (Wildman–Crippen LogP) is 8.47. The molecule has 1 aliphatic heterocycles. The number of amides is 2. The number of methoxy groups -OCH3 is 2. The number of carbonyl (C=O) groups is 3. The number of rotatable bonds is 9. The second-order valence-electron chi connectivity index (χ2n) is 14.2. The van der Waals surface area contributed by atoms with Gasteiger partial charge < -0.3 is 9.47 Å². The zero-order valence-corrected chi connectivity index (χ0v) is 30.4. The summed E-state index contributed by atoms with van der Waals surface area (Å²) in [6, 6.07) is 47.0. The van der Waals surface area contributed by atoms with Gasteiger partial charge in [-0.25, -0.2) is 4.90 Å². The van der Waals surface area contributed by atoms with Gasteiger partial charge in [0.05, 0.1) is 47.5 Å². The van der Waals surface area contributed by atoms with E-state index in [-0.39, 0.29) is 11.5 Å². The lowest BCUT2D eigenvalue weighted by Gasteiger charge is -2.39. The van der Waals surface area contributed by atoms with Gasteiger partial charge >= 0.3 is 0 Å². The second kappa shape index (κ2) is 13.0. The summed E-state index contributed by atoms with van der Waals surface area (Å²) in [7, 11) is 3.18. The van der Waals surface area contributed by atoms with Crippen molar-refractivity contribution in [2.75, 3.05) is 19.1 Å². The highest BCUT2D eigenvalue weighted by Gasteiger charge is 2.82. The number of carbonyl (C=O) groups excluding carboxylic acids is 3. The first-order chi connectivity index (χ1) is 27.3. The largest absolute Gasteiger partial charge is 0.497 e. The zero-order chi connectivity index (χ0) is 38.8. The molecule has 0 aromatic heterocycles. The van der Waals surface area contributed by atoms with E-state index in [9.17, 15) is 10.1 Å². The standard InChI is InChI=1S/C47H34N2O7/c1-55-37-25-17-31(18-26-37)39-40(32-19-27-38(56-2)28-20-32)47(34-11-7-4-8-12-34)42-41(46(39,45(47)52)33-9-5-3-6-10-33)43(50)48(44(42)51)35-21-13-29(14-22-35)30-15-23-36(24-16-30)49(53)54/h3-28,41-42H,1-2H3/t41-,42-,46+,47+/m0/s1. The summed E-state index contributed by atoms with van der Waals surface area (Å²) in [6.07, 6.45) is 0. The van der Waals surface area contributed by atoms with Crippen LogP contribution in [0.5, 0.6) is 11.5 Å². The number of non-ortho nitro benzene ring substituents is 1. The molecule has 274 valence electrons. The van der Waals surface area contributed by atoms with Crippen LogP contribution in [0.15, 0.2) is 158 Å². The van der Waals surface area contributed by atoms with Crippen LogP contribution in [-0.2, 0) is 25.2 Å². The molecule has 56 heavy (non-hydrogen) atoms. The van der Waals surface area contributed by atoms with Crippen molar-refractivity contribution in [3.8, 4) is 22.6 Å². The number of nitrogens with zero attached hydrogens (tertiary/aromatic N) is 2. The lowest BCUT2D eigenvalue weighted by atomic mass is 9.59. The average molecular weight is 739 g/mol. The van der Waals surface area contributed by atoms with E-state index in [0.717, 1.165) is 22.3 Å². The average Bonchev–Trinajstić information content (AvgIpc) is 3.76. The number of fused-ring (bicyclic) bond motifs is 5. The molecule has 9 heteroatoms. The fourth-order valence-corrected chi connectivity index (χ4v) is 9.47. The molecule has 6 aromatic rings. The van der Waals surface area contributed by atoms with Crippen molar-refractivity contribution < 1.29 is 28.8 Å². The lowest BCUT2D eigenvalue weighted by molar-refractivity contribution is -0.384. The minimum absolute atomic E-state index is 0.0225. The van der Waals surface area contributed by atoms with Crippen LogP contribution in [0, 0.1) is 22.0 Å². The van der Waals surface area contributed by atoms with Gasteiger partial charge in [0.2, 0.25) is 11.8 Å². The molecule has 0 unspecified atom stereocenters. The summed E-state index contributed by atoms with van der Waals surface area (Å²) >= 11 is 0. The fourth-order valence-electron chi connectivity index (χ4n) is 9.47. The molecular weight excluding hydrogens is 705 g/mol. The van der Waals surface area contributed by atoms with Gasteiger partial charge in [-0.2, -0.15) is 0 Å². The number of hydrogen-bond donors (Lipinski definition) is 0. The maximum absolute atomic E-state index is 16.2. The minimum Gasteiger partial charge on any atom is -0.497 e. The van der Waals surface area contributed by atoms with Gasteiger partial charge in [-0.3, -0.25) is 24.5 Å². The molecule has 3 aliphatic rings. The van der Waals surface area contributed by atoms with E-state index in [0.29, 0.717) is 39.5 Å². The summed E-state index contributed by atoms with van der Waals surface area (Å²) in [5.74, 6) is -2.04. The Labute approximate surface area is 322 Å². The molecular formula is C47H34N2O7. The highest BCUT2D eigenvalue weighted by Crippen LogP contribution is 2.74. The quantitative estimate of drug-likeness (QED) is 0.0830. The van der Waals surface area contributed by atoms with Gasteiger partial charge in [0.25, 0.3) is 5.69 Å². The molecule has 1 saturated carbocycles. The number of ether oxygens (including phenoxy) is 2. The molecule has 2 fully saturated rings. The Kier molecular flexibility index (Phi) is 8.05. The van der Waals surface area contributed by atoms with Crippen LogP contribution < -0.4 is 14.4 Å². The van der Waals surface area contributed by atoms with Crippen molar-refractivity contribution in [1.82, 2.24) is 0 Å². The number of hydrogen-bond acceptors (Lipinski definition) is 7. The van der Waals surface area contributed by atoms with Gasteiger partial charge in [0.15, 0.2) is 5.78 Å². The molecule has 0 N–H and O–H groups in total. The molecule has 1 heterocycles. The zero-order valence-electron chi connectivity index (χ0n) is 30.4.